The Balaban J connectivity index is 1.41. The molecule has 2 fully saturated rings. The molecule has 1 aliphatic heterocycles. The molecule has 0 spiro atoms. The van der Waals surface area contributed by atoms with Crippen LogP contribution >= 0.6 is 0 Å². The van der Waals surface area contributed by atoms with Gasteiger partial charge in [-0.05, 0) is 43.0 Å². The molecule has 2 aliphatic rings. The first kappa shape index (κ1) is 22.7. The summed E-state index contributed by atoms with van der Waals surface area (Å²) in [7, 11) is 1.73. The number of amides is 1. The van der Waals surface area contributed by atoms with Crippen LogP contribution in [0, 0.1) is 0 Å². The van der Waals surface area contributed by atoms with Crippen molar-refractivity contribution in [3.05, 3.63) is 60.3 Å². The van der Waals surface area contributed by atoms with Crippen molar-refractivity contribution in [1.29, 1.82) is 0 Å². The molecule has 1 saturated heterocycles. The van der Waals surface area contributed by atoms with Gasteiger partial charge in [-0.3, -0.25) is 4.79 Å². The lowest BCUT2D eigenvalue weighted by atomic mass is 10.1. The Hall–Kier alpha value is -3.03. The third kappa shape index (κ3) is 4.76. The normalized spacial score (nSPS) is 18.4. The van der Waals surface area contributed by atoms with E-state index in [-0.39, 0.29) is 17.7 Å². The molecule has 7 heteroatoms. The topological polar surface area (TPSA) is 70.0 Å². The summed E-state index contributed by atoms with van der Waals surface area (Å²) in [4.78, 5) is 18.2. The first-order valence-corrected chi connectivity index (χ1v) is 12.3. The highest BCUT2D eigenvalue weighted by molar-refractivity contribution is 5.88. The molecule has 1 unspecified atom stereocenters. The molecule has 1 amide bonds. The zero-order valence-electron chi connectivity index (χ0n) is 19.8. The summed E-state index contributed by atoms with van der Waals surface area (Å²) in [6.45, 7) is 4.40. The fourth-order valence-corrected chi connectivity index (χ4v) is 5.07. The maximum atomic E-state index is 14.0. The third-order valence-corrected chi connectivity index (χ3v) is 6.92. The molecule has 3 aromatic rings. The van der Waals surface area contributed by atoms with Crippen molar-refractivity contribution >= 4 is 22.5 Å². The molecule has 1 aliphatic carbocycles. The maximum absolute atomic E-state index is 14.0. The SMILES string of the molecule is COCCCn1cc(CN(C(=O)C2CNCCN2c2cccc(O)c2)C2CC2)c2ccccc21. The van der Waals surface area contributed by atoms with Gasteiger partial charge in [0.1, 0.15) is 11.8 Å². The molecule has 7 nitrogen and oxygen atoms in total. The number of rotatable bonds is 9. The molecule has 2 N–H and O–H groups in total. The molecule has 0 bridgehead atoms. The number of phenols is 1. The Morgan fingerprint density at radius 2 is 2.06 bits per heavy atom. The van der Waals surface area contributed by atoms with E-state index in [0.717, 1.165) is 51.2 Å². The smallest absolute Gasteiger partial charge is 0.247 e. The Morgan fingerprint density at radius 1 is 1.21 bits per heavy atom. The molecule has 2 aromatic carbocycles. The van der Waals surface area contributed by atoms with Gasteiger partial charge in [0, 0.05) is 81.3 Å². The van der Waals surface area contributed by atoms with Gasteiger partial charge >= 0.3 is 0 Å². The van der Waals surface area contributed by atoms with E-state index in [1.54, 1.807) is 19.2 Å². The van der Waals surface area contributed by atoms with Gasteiger partial charge in [0.2, 0.25) is 5.91 Å². The molecule has 2 heterocycles. The van der Waals surface area contributed by atoms with Crippen molar-refractivity contribution in [3.63, 3.8) is 0 Å². The second-order valence-electron chi connectivity index (χ2n) is 9.34. The number of hydrogen-bond donors (Lipinski definition) is 2. The van der Waals surface area contributed by atoms with Crippen LogP contribution in [-0.2, 0) is 22.6 Å². The number of methoxy groups -OCH3 is 1. The van der Waals surface area contributed by atoms with Gasteiger partial charge < -0.3 is 29.5 Å². The number of hydrogen-bond acceptors (Lipinski definition) is 5. The predicted molar refractivity (Wildman–Crippen MR) is 134 cm³/mol. The van der Waals surface area contributed by atoms with Crippen molar-refractivity contribution in [2.75, 3.05) is 38.3 Å². The monoisotopic (exact) mass is 462 g/mol. The molecule has 34 heavy (non-hydrogen) atoms. The summed E-state index contributed by atoms with van der Waals surface area (Å²) in [5, 5.41) is 14.6. The van der Waals surface area contributed by atoms with Crippen molar-refractivity contribution in [1.82, 2.24) is 14.8 Å². The van der Waals surface area contributed by atoms with Crippen molar-refractivity contribution in [2.45, 2.75) is 44.4 Å². The standard InChI is InChI=1S/C27H34N4O3/c1-34-15-5-13-29-18-20(24-8-2-3-9-25(24)29)19-31(21-10-11-21)27(33)26-17-28-12-14-30(26)22-6-4-7-23(32)16-22/h2-4,6-9,16,18,21,26,28,32H,5,10-15,17,19H2,1H3. The van der Waals surface area contributed by atoms with Crippen LogP contribution in [-0.4, -0.2) is 65.9 Å². The van der Waals surface area contributed by atoms with Crippen LogP contribution < -0.4 is 10.2 Å². The van der Waals surface area contributed by atoms with Crippen molar-refractivity contribution < 1.29 is 14.6 Å². The second kappa shape index (κ2) is 10.1. The van der Waals surface area contributed by atoms with E-state index in [4.69, 9.17) is 4.74 Å². The third-order valence-electron chi connectivity index (χ3n) is 6.92. The molecule has 1 atom stereocenters. The number of aromatic hydroxyl groups is 1. The van der Waals surface area contributed by atoms with E-state index >= 15 is 0 Å². The minimum absolute atomic E-state index is 0.161. The van der Waals surface area contributed by atoms with Crippen LogP contribution in [0.4, 0.5) is 5.69 Å². The molecule has 1 aromatic heterocycles. The number of ether oxygens (including phenoxy) is 1. The van der Waals surface area contributed by atoms with Crippen LogP contribution in [0.15, 0.2) is 54.7 Å². The number of aryl methyl sites for hydroxylation is 1. The largest absolute Gasteiger partial charge is 0.508 e. The summed E-state index contributed by atoms with van der Waals surface area (Å²) >= 11 is 0. The average Bonchev–Trinajstić information content (AvgIpc) is 3.65. The summed E-state index contributed by atoms with van der Waals surface area (Å²) in [5.74, 6) is 0.386. The second-order valence-corrected chi connectivity index (χ2v) is 9.34. The fraction of sp³-hybridized carbons (Fsp3) is 0.444. The molecule has 180 valence electrons. The lowest BCUT2D eigenvalue weighted by molar-refractivity contribution is -0.134. The number of aromatic nitrogens is 1. The predicted octanol–water partition coefficient (Wildman–Crippen LogP) is 3.35. The minimum atomic E-state index is -0.286. The zero-order valence-corrected chi connectivity index (χ0v) is 19.8. The van der Waals surface area contributed by atoms with Gasteiger partial charge in [-0.25, -0.2) is 0 Å². The molecule has 1 saturated carbocycles. The number of para-hydroxylation sites is 1. The van der Waals surface area contributed by atoms with Crippen molar-refractivity contribution in [2.24, 2.45) is 0 Å². The number of carbonyl (C=O) groups excluding carboxylic acids is 1. The number of piperazine rings is 1. The quantitative estimate of drug-likeness (QED) is 0.478. The van der Waals surface area contributed by atoms with Gasteiger partial charge in [0.25, 0.3) is 0 Å². The van der Waals surface area contributed by atoms with Gasteiger partial charge in [-0.1, -0.05) is 24.3 Å². The van der Waals surface area contributed by atoms with E-state index in [0.29, 0.717) is 19.1 Å². The number of benzene rings is 2. The molecule has 5 rings (SSSR count). The maximum Gasteiger partial charge on any atom is 0.247 e. The minimum Gasteiger partial charge on any atom is -0.508 e. The molecular weight excluding hydrogens is 428 g/mol. The van der Waals surface area contributed by atoms with Crippen LogP contribution in [0.25, 0.3) is 10.9 Å². The first-order chi connectivity index (χ1) is 16.7. The fourth-order valence-electron chi connectivity index (χ4n) is 5.07. The molecule has 0 radical (unpaired) electrons. The number of fused-ring (bicyclic) bond motifs is 1. The van der Waals surface area contributed by atoms with Gasteiger partial charge in [0.05, 0.1) is 0 Å². The average molecular weight is 463 g/mol. The summed E-state index contributed by atoms with van der Waals surface area (Å²) < 4.78 is 7.54. The van der Waals surface area contributed by atoms with Gasteiger partial charge in [0.15, 0.2) is 0 Å². The summed E-state index contributed by atoms with van der Waals surface area (Å²) in [6, 6.07) is 15.7. The summed E-state index contributed by atoms with van der Waals surface area (Å²) in [6.07, 6.45) is 5.29. The lowest BCUT2D eigenvalue weighted by Crippen LogP contribution is -2.59. The van der Waals surface area contributed by atoms with E-state index in [1.165, 1.54) is 16.5 Å². The number of anilines is 1. The van der Waals surface area contributed by atoms with Crippen molar-refractivity contribution in [3.8, 4) is 5.75 Å². The number of phenolic OH excluding ortho intramolecular Hbond substituents is 1. The lowest BCUT2D eigenvalue weighted by Gasteiger charge is -2.39. The van der Waals surface area contributed by atoms with Crippen LogP contribution in [0.2, 0.25) is 0 Å². The van der Waals surface area contributed by atoms with E-state index in [9.17, 15) is 9.90 Å². The Morgan fingerprint density at radius 3 is 2.85 bits per heavy atom. The van der Waals surface area contributed by atoms with Crippen LogP contribution in [0.5, 0.6) is 5.75 Å². The van der Waals surface area contributed by atoms with E-state index in [1.807, 2.05) is 12.1 Å². The van der Waals surface area contributed by atoms with E-state index in [2.05, 4.69) is 50.1 Å². The molecular formula is C27H34N4O3. The van der Waals surface area contributed by atoms with Crippen LogP contribution in [0.3, 0.4) is 0 Å². The van der Waals surface area contributed by atoms with Gasteiger partial charge in [-0.15, -0.1) is 0 Å². The highest BCUT2D eigenvalue weighted by atomic mass is 16.5. The Bertz CT molecular complexity index is 1140. The van der Waals surface area contributed by atoms with Crippen LogP contribution in [0.1, 0.15) is 24.8 Å². The Kier molecular flexibility index (Phi) is 6.74. The zero-order chi connectivity index (χ0) is 23.5. The van der Waals surface area contributed by atoms with Gasteiger partial charge in [-0.2, -0.15) is 0 Å². The van der Waals surface area contributed by atoms with E-state index < -0.39 is 0 Å². The summed E-state index contributed by atoms with van der Waals surface area (Å²) in [5.41, 5.74) is 3.30. The highest BCUT2D eigenvalue weighted by Crippen LogP contribution is 2.33. The number of nitrogens with zero attached hydrogens (tertiary/aromatic N) is 3. The first-order valence-electron chi connectivity index (χ1n) is 12.3. The Labute approximate surface area is 200 Å². The number of nitrogens with one attached hydrogen (secondary N) is 1. The highest BCUT2D eigenvalue weighted by Gasteiger charge is 2.39. The number of carbonyl (C=O) groups is 1.